The molecular formula is C13H22N4. The number of hydrogen-bond donors (Lipinski definition) is 1. The number of aromatic nitrogens is 2. The lowest BCUT2D eigenvalue weighted by Crippen LogP contribution is -2.44. The molecule has 94 valence electrons. The minimum absolute atomic E-state index is 0.755. The van der Waals surface area contributed by atoms with Crippen molar-refractivity contribution >= 4 is 0 Å². The van der Waals surface area contributed by atoms with Crippen molar-refractivity contribution in [3.63, 3.8) is 0 Å². The summed E-state index contributed by atoms with van der Waals surface area (Å²) in [5, 5.41) is 7.95. The minimum Gasteiger partial charge on any atom is -0.313 e. The van der Waals surface area contributed by atoms with Crippen LogP contribution in [0.1, 0.15) is 18.4 Å². The fraction of sp³-hybridized carbons (Fsp3) is 0.769. The molecule has 3 atom stereocenters. The summed E-state index contributed by atoms with van der Waals surface area (Å²) in [6.07, 6.45) is 7.91. The molecule has 4 heteroatoms. The summed E-state index contributed by atoms with van der Waals surface area (Å²) < 4.78 is 1.88. The summed E-state index contributed by atoms with van der Waals surface area (Å²) >= 11 is 0. The van der Waals surface area contributed by atoms with E-state index in [-0.39, 0.29) is 0 Å². The highest BCUT2D eigenvalue weighted by Gasteiger charge is 2.33. The summed E-state index contributed by atoms with van der Waals surface area (Å²) in [6, 6.07) is 0.755. The lowest BCUT2D eigenvalue weighted by molar-refractivity contribution is 0.222. The van der Waals surface area contributed by atoms with Gasteiger partial charge in [0, 0.05) is 25.8 Å². The fourth-order valence-electron chi connectivity index (χ4n) is 3.22. The third-order valence-electron chi connectivity index (χ3n) is 4.21. The van der Waals surface area contributed by atoms with Crippen LogP contribution < -0.4 is 5.32 Å². The molecular weight excluding hydrogens is 212 g/mol. The van der Waals surface area contributed by atoms with E-state index < -0.39 is 0 Å². The highest BCUT2D eigenvalue weighted by atomic mass is 15.2. The van der Waals surface area contributed by atoms with E-state index in [9.17, 15) is 0 Å². The Balaban J connectivity index is 1.45. The van der Waals surface area contributed by atoms with Gasteiger partial charge >= 0.3 is 0 Å². The first kappa shape index (κ1) is 11.2. The maximum atomic E-state index is 4.20. The predicted molar refractivity (Wildman–Crippen MR) is 67.9 cm³/mol. The molecule has 2 aliphatic rings. The van der Waals surface area contributed by atoms with E-state index in [2.05, 4.69) is 21.5 Å². The van der Waals surface area contributed by atoms with Crippen LogP contribution in [-0.4, -0.2) is 46.9 Å². The average Bonchev–Trinajstić information content (AvgIpc) is 2.90. The number of hydrogen-bond acceptors (Lipinski definition) is 3. The molecule has 3 heterocycles. The van der Waals surface area contributed by atoms with Crippen molar-refractivity contribution in [2.75, 3.05) is 26.2 Å². The van der Waals surface area contributed by atoms with Gasteiger partial charge in [0.25, 0.3) is 0 Å². The molecule has 0 radical (unpaired) electrons. The number of rotatable bonds is 4. The zero-order chi connectivity index (χ0) is 11.7. The molecule has 0 aromatic carbocycles. The molecule has 3 rings (SSSR count). The number of nitrogens with zero attached hydrogens (tertiary/aromatic N) is 3. The number of nitrogens with one attached hydrogen (secondary N) is 1. The molecule has 0 amide bonds. The molecule has 3 unspecified atom stereocenters. The van der Waals surface area contributed by atoms with E-state index in [1.165, 1.54) is 38.0 Å². The van der Waals surface area contributed by atoms with Crippen molar-refractivity contribution in [2.45, 2.75) is 25.3 Å². The molecule has 4 nitrogen and oxygen atoms in total. The Kier molecular flexibility index (Phi) is 3.16. The zero-order valence-corrected chi connectivity index (χ0v) is 10.6. The summed E-state index contributed by atoms with van der Waals surface area (Å²) in [6.45, 7) is 5.03. The Bertz CT molecular complexity index is 373. The second-order valence-electron chi connectivity index (χ2n) is 5.47. The van der Waals surface area contributed by atoms with Crippen LogP contribution in [0.25, 0.3) is 0 Å². The van der Waals surface area contributed by atoms with E-state index >= 15 is 0 Å². The third-order valence-corrected chi connectivity index (χ3v) is 4.21. The third kappa shape index (κ3) is 2.53. The number of piperidine rings is 1. The largest absolute Gasteiger partial charge is 0.313 e. The second-order valence-corrected chi connectivity index (χ2v) is 5.47. The Morgan fingerprint density at radius 2 is 2.29 bits per heavy atom. The molecule has 0 saturated carbocycles. The maximum absolute atomic E-state index is 4.20. The van der Waals surface area contributed by atoms with Gasteiger partial charge in [-0.1, -0.05) is 0 Å². The average molecular weight is 234 g/mol. The predicted octanol–water partition coefficient (Wildman–Crippen LogP) is 0.646. The van der Waals surface area contributed by atoms with E-state index in [1.807, 2.05) is 17.9 Å². The van der Waals surface area contributed by atoms with Crippen molar-refractivity contribution in [2.24, 2.45) is 13.0 Å². The lowest BCUT2D eigenvalue weighted by Gasteiger charge is -2.31. The SMILES string of the molecule is Cn1cc(CCNC2CCN3CCC2C3)cn1. The number of aryl methyl sites for hydroxylation is 1. The van der Waals surface area contributed by atoms with Gasteiger partial charge in [-0.2, -0.15) is 5.10 Å². The van der Waals surface area contributed by atoms with Gasteiger partial charge in [0.1, 0.15) is 0 Å². The van der Waals surface area contributed by atoms with E-state index in [4.69, 9.17) is 0 Å². The second kappa shape index (κ2) is 4.78. The van der Waals surface area contributed by atoms with Crippen molar-refractivity contribution in [1.82, 2.24) is 20.0 Å². The van der Waals surface area contributed by atoms with Crippen LogP contribution in [0.4, 0.5) is 0 Å². The van der Waals surface area contributed by atoms with E-state index in [1.54, 1.807) is 0 Å². The van der Waals surface area contributed by atoms with Gasteiger partial charge in [0.05, 0.1) is 6.20 Å². The summed E-state index contributed by atoms with van der Waals surface area (Å²) in [7, 11) is 1.98. The van der Waals surface area contributed by atoms with E-state index in [0.717, 1.165) is 24.9 Å². The maximum Gasteiger partial charge on any atom is 0.0522 e. The van der Waals surface area contributed by atoms with Gasteiger partial charge < -0.3 is 10.2 Å². The van der Waals surface area contributed by atoms with Crippen LogP contribution >= 0.6 is 0 Å². The molecule has 0 aliphatic carbocycles. The minimum atomic E-state index is 0.755. The first-order valence-corrected chi connectivity index (χ1v) is 6.74. The van der Waals surface area contributed by atoms with Crippen LogP contribution in [0, 0.1) is 5.92 Å². The Morgan fingerprint density at radius 3 is 3.12 bits per heavy atom. The van der Waals surface area contributed by atoms with Gasteiger partial charge in [-0.05, 0) is 50.4 Å². The smallest absolute Gasteiger partial charge is 0.0522 e. The van der Waals surface area contributed by atoms with Crippen LogP contribution in [0.2, 0.25) is 0 Å². The van der Waals surface area contributed by atoms with Crippen LogP contribution in [-0.2, 0) is 13.5 Å². The fourth-order valence-corrected chi connectivity index (χ4v) is 3.22. The summed E-state index contributed by atoms with van der Waals surface area (Å²) in [5.74, 6) is 0.901. The summed E-state index contributed by atoms with van der Waals surface area (Å²) in [5.41, 5.74) is 1.34. The first-order valence-electron chi connectivity index (χ1n) is 6.74. The zero-order valence-electron chi connectivity index (χ0n) is 10.6. The normalized spacial score (nSPS) is 31.9. The first-order chi connectivity index (χ1) is 8.31. The van der Waals surface area contributed by atoms with Crippen molar-refractivity contribution in [3.05, 3.63) is 18.0 Å². The molecule has 1 N–H and O–H groups in total. The van der Waals surface area contributed by atoms with Gasteiger partial charge in [-0.15, -0.1) is 0 Å². The van der Waals surface area contributed by atoms with Crippen molar-refractivity contribution < 1.29 is 0 Å². The Labute approximate surface area is 103 Å². The van der Waals surface area contributed by atoms with Crippen molar-refractivity contribution in [3.8, 4) is 0 Å². The molecule has 1 aromatic heterocycles. The lowest BCUT2D eigenvalue weighted by atomic mass is 9.94. The molecule has 0 spiro atoms. The number of fused-ring (bicyclic) bond motifs is 2. The topological polar surface area (TPSA) is 33.1 Å². The molecule has 1 aromatic rings. The Morgan fingerprint density at radius 1 is 1.41 bits per heavy atom. The van der Waals surface area contributed by atoms with Crippen LogP contribution in [0.5, 0.6) is 0 Å². The highest BCUT2D eigenvalue weighted by molar-refractivity contribution is 5.04. The highest BCUT2D eigenvalue weighted by Crippen LogP contribution is 2.26. The van der Waals surface area contributed by atoms with Gasteiger partial charge in [-0.25, -0.2) is 0 Å². The van der Waals surface area contributed by atoms with Crippen LogP contribution in [0.15, 0.2) is 12.4 Å². The van der Waals surface area contributed by atoms with Crippen molar-refractivity contribution in [1.29, 1.82) is 0 Å². The molecule has 2 bridgehead atoms. The van der Waals surface area contributed by atoms with E-state index in [0.29, 0.717) is 0 Å². The molecule has 2 fully saturated rings. The molecule has 2 saturated heterocycles. The monoisotopic (exact) mass is 234 g/mol. The van der Waals surface area contributed by atoms with Crippen LogP contribution in [0.3, 0.4) is 0 Å². The van der Waals surface area contributed by atoms with Gasteiger partial charge in [0.15, 0.2) is 0 Å². The molecule has 2 aliphatic heterocycles. The Hall–Kier alpha value is -0.870. The van der Waals surface area contributed by atoms with Gasteiger partial charge in [-0.3, -0.25) is 4.68 Å². The summed E-state index contributed by atoms with van der Waals surface area (Å²) in [4.78, 5) is 2.60. The molecule has 17 heavy (non-hydrogen) atoms. The van der Waals surface area contributed by atoms with Gasteiger partial charge in [0.2, 0.25) is 0 Å². The quantitative estimate of drug-likeness (QED) is 0.830. The standard InChI is InChI=1S/C13H22N4/c1-16-9-11(8-15-16)2-5-14-13-4-7-17-6-3-12(13)10-17/h8-9,12-14H,2-7,10H2,1H3.